The summed E-state index contributed by atoms with van der Waals surface area (Å²) in [7, 11) is 1.70. The van der Waals surface area contributed by atoms with Gasteiger partial charge in [0.05, 0.1) is 11.2 Å². The molecule has 0 radical (unpaired) electrons. The number of anilines is 1. The van der Waals surface area contributed by atoms with Crippen molar-refractivity contribution in [3.63, 3.8) is 0 Å². The van der Waals surface area contributed by atoms with Crippen LogP contribution >= 0.6 is 0 Å². The number of alkyl halides is 3. The minimum atomic E-state index is -4.39. The number of halogens is 3. The number of pyridine rings is 1. The molecule has 2 heterocycles. The van der Waals surface area contributed by atoms with E-state index < -0.39 is 17.3 Å². The molecule has 1 N–H and O–H groups in total. The van der Waals surface area contributed by atoms with Crippen LogP contribution in [0.3, 0.4) is 0 Å². The molecular weight excluding hydrogens is 273 g/mol. The molecule has 0 saturated carbocycles. The Morgan fingerprint density at radius 1 is 1.35 bits per heavy atom. The summed E-state index contributed by atoms with van der Waals surface area (Å²) in [5, 5.41) is 10.4. The van der Waals surface area contributed by atoms with Crippen LogP contribution < -0.4 is 4.90 Å². The SMILES string of the molecule is CN(CC1(O)CCOCC1)c1ccc(C(F)(F)F)cn1. The molecule has 0 unspecified atom stereocenters. The van der Waals surface area contributed by atoms with E-state index in [-0.39, 0.29) is 0 Å². The number of aromatic nitrogens is 1. The van der Waals surface area contributed by atoms with Crippen molar-refractivity contribution in [2.75, 3.05) is 31.7 Å². The second-order valence-electron chi connectivity index (χ2n) is 5.10. The van der Waals surface area contributed by atoms with Gasteiger partial charge in [-0.3, -0.25) is 0 Å². The monoisotopic (exact) mass is 290 g/mol. The zero-order valence-corrected chi connectivity index (χ0v) is 11.2. The maximum atomic E-state index is 12.4. The fourth-order valence-corrected chi connectivity index (χ4v) is 2.21. The number of rotatable bonds is 3. The molecule has 112 valence electrons. The molecule has 1 aromatic heterocycles. The van der Waals surface area contributed by atoms with Gasteiger partial charge >= 0.3 is 6.18 Å². The molecule has 1 aliphatic rings. The van der Waals surface area contributed by atoms with Gasteiger partial charge in [0.2, 0.25) is 0 Å². The lowest BCUT2D eigenvalue weighted by molar-refractivity contribution is -0.137. The number of hydrogen-bond donors (Lipinski definition) is 1. The molecule has 0 amide bonds. The zero-order valence-electron chi connectivity index (χ0n) is 11.2. The Bertz CT molecular complexity index is 442. The highest BCUT2D eigenvalue weighted by Gasteiger charge is 2.33. The Kier molecular flexibility index (Phi) is 4.19. The highest BCUT2D eigenvalue weighted by atomic mass is 19.4. The normalized spacial score (nSPS) is 18.9. The molecule has 0 aliphatic carbocycles. The van der Waals surface area contributed by atoms with E-state index in [0.717, 1.165) is 12.3 Å². The summed E-state index contributed by atoms with van der Waals surface area (Å²) in [4.78, 5) is 5.46. The molecule has 0 atom stereocenters. The van der Waals surface area contributed by atoms with E-state index in [0.29, 0.717) is 38.4 Å². The van der Waals surface area contributed by atoms with Gasteiger partial charge in [0, 0.05) is 45.8 Å². The van der Waals surface area contributed by atoms with Gasteiger partial charge in [-0.25, -0.2) is 4.98 Å². The lowest BCUT2D eigenvalue weighted by atomic mass is 9.94. The van der Waals surface area contributed by atoms with Gasteiger partial charge in [0.25, 0.3) is 0 Å². The average Bonchev–Trinajstić information content (AvgIpc) is 2.38. The highest BCUT2D eigenvalue weighted by Crippen LogP contribution is 2.29. The van der Waals surface area contributed by atoms with E-state index in [1.54, 1.807) is 11.9 Å². The van der Waals surface area contributed by atoms with Crippen LogP contribution in [0.5, 0.6) is 0 Å². The minimum absolute atomic E-state index is 0.314. The van der Waals surface area contributed by atoms with Crippen LogP contribution in [0.2, 0.25) is 0 Å². The summed E-state index contributed by atoms with van der Waals surface area (Å²) in [5.74, 6) is 0.401. The summed E-state index contributed by atoms with van der Waals surface area (Å²) in [6, 6.07) is 2.30. The summed E-state index contributed by atoms with van der Waals surface area (Å²) < 4.78 is 42.5. The Hall–Kier alpha value is -1.34. The number of aliphatic hydroxyl groups is 1. The Balaban J connectivity index is 2.04. The molecule has 0 aromatic carbocycles. The van der Waals surface area contributed by atoms with E-state index >= 15 is 0 Å². The largest absolute Gasteiger partial charge is 0.417 e. The maximum absolute atomic E-state index is 12.4. The smallest absolute Gasteiger partial charge is 0.388 e. The van der Waals surface area contributed by atoms with Crippen molar-refractivity contribution in [1.29, 1.82) is 0 Å². The summed E-state index contributed by atoms with van der Waals surface area (Å²) in [6.07, 6.45) is -2.56. The quantitative estimate of drug-likeness (QED) is 0.926. The molecule has 20 heavy (non-hydrogen) atoms. The number of ether oxygens (including phenoxy) is 1. The molecular formula is C13H17F3N2O2. The first-order valence-electron chi connectivity index (χ1n) is 6.35. The summed E-state index contributed by atoms with van der Waals surface area (Å²) in [5.41, 5.74) is -1.66. The van der Waals surface area contributed by atoms with Gasteiger partial charge in [-0.1, -0.05) is 0 Å². The molecule has 1 aliphatic heterocycles. The summed E-state index contributed by atoms with van der Waals surface area (Å²) in [6.45, 7) is 1.30. The van der Waals surface area contributed by atoms with Crippen molar-refractivity contribution in [3.05, 3.63) is 23.9 Å². The molecule has 2 rings (SSSR count). The molecule has 1 aromatic rings. The lowest BCUT2D eigenvalue weighted by Crippen LogP contribution is -2.46. The average molecular weight is 290 g/mol. The molecule has 1 fully saturated rings. The predicted octanol–water partition coefficient (Wildman–Crippen LogP) is 2.08. The van der Waals surface area contributed by atoms with E-state index in [9.17, 15) is 18.3 Å². The molecule has 1 saturated heterocycles. The maximum Gasteiger partial charge on any atom is 0.417 e. The topological polar surface area (TPSA) is 45.6 Å². The van der Waals surface area contributed by atoms with Crippen LogP contribution in [0.1, 0.15) is 18.4 Å². The van der Waals surface area contributed by atoms with Crippen LogP contribution in [-0.4, -0.2) is 42.5 Å². The third-order valence-corrected chi connectivity index (χ3v) is 3.42. The second kappa shape index (κ2) is 5.57. The van der Waals surface area contributed by atoms with Gasteiger partial charge in [0.1, 0.15) is 5.82 Å². The molecule has 0 spiro atoms. The standard InChI is InChI=1S/C13H17F3N2O2/c1-18(9-12(19)4-6-20-7-5-12)11-3-2-10(8-17-11)13(14,15)16/h2-3,8,19H,4-7,9H2,1H3. The van der Waals surface area contributed by atoms with Crippen molar-refractivity contribution >= 4 is 5.82 Å². The Morgan fingerprint density at radius 2 is 2.00 bits per heavy atom. The van der Waals surface area contributed by atoms with Crippen LogP contribution in [0.15, 0.2) is 18.3 Å². The first kappa shape index (κ1) is 15.1. The fourth-order valence-electron chi connectivity index (χ4n) is 2.21. The van der Waals surface area contributed by atoms with Crippen molar-refractivity contribution in [2.45, 2.75) is 24.6 Å². The van der Waals surface area contributed by atoms with Crippen molar-refractivity contribution in [3.8, 4) is 0 Å². The van der Waals surface area contributed by atoms with Crippen molar-refractivity contribution in [2.24, 2.45) is 0 Å². The van der Waals surface area contributed by atoms with Crippen LogP contribution in [0.4, 0.5) is 19.0 Å². The van der Waals surface area contributed by atoms with Crippen LogP contribution in [0.25, 0.3) is 0 Å². The van der Waals surface area contributed by atoms with Gasteiger partial charge in [-0.15, -0.1) is 0 Å². The molecule has 7 heteroatoms. The van der Waals surface area contributed by atoms with Crippen molar-refractivity contribution in [1.82, 2.24) is 4.98 Å². The van der Waals surface area contributed by atoms with Gasteiger partial charge in [-0.05, 0) is 12.1 Å². The van der Waals surface area contributed by atoms with Crippen LogP contribution in [0, 0.1) is 0 Å². The number of hydrogen-bond acceptors (Lipinski definition) is 4. The first-order chi connectivity index (χ1) is 9.30. The number of nitrogens with zero attached hydrogens (tertiary/aromatic N) is 2. The predicted molar refractivity (Wildman–Crippen MR) is 67.5 cm³/mol. The van der Waals surface area contributed by atoms with Crippen molar-refractivity contribution < 1.29 is 23.0 Å². The van der Waals surface area contributed by atoms with Gasteiger partial charge < -0.3 is 14.7 Å². The third kappa shape index (κ3) is 3.61. The van der Waals surface area contributed by atoms with E-state index in [4.69, 9.17) is 4.74 Å². The third-order valence-electron chi connectivity index (χ3n) is 3.42. The van der Waals surface area contributed by atoms with Gasteiger partial charge in [0.15, 0.2) is 0 Å². The van der Waals surface area contributed by atoms with Crippen LogP contribution in [-0.2, 0) is 10.9 Å². The molecule has 4 nitrogen and oxygen atoms in total. The zero-order chi connectivity index (χ0) is 14.8. The molecule has 0 bridgehead atoms. The second-order valence-corrected chi connectivity index (χ2v) is 5.10. The summed E-state index contributed by atoms with van der Waals surface area (Å²) >= 11 is 0. The van der Waals surface area contributed by atoms with E-state index in [1.807, 2.05) is 0 Å². The Morgan fingerprint density at radius 3 is 2.50 bits per heavy atom. The minimum Gasteiger partial charge on any atom is -0.388 e. The van der Waals surface area contributed by atoms with E-state index in [2.05, 4.69) is 4.98 Å². The first-order valence-corrected chi connectivity index (χ1v) is 6.35. The Labute approximate surface area is 115 Å². The highest BCUT2D eigenvalue weighted by molar-refractivity contribution is 5.39. The van der Waals surface area contributed by atoms with Gasteiger partial charge in [-0.2, -0.15) is 13.2 Å². The fraction of sp³-hybridized carbons (Fsp3) is 0.615. The number of likely N-dealkylation sites (N-methyl/N-ethyl adjacent to an activating group) is 1. The lowest BCUT2D eigenvalue weighted by Gasteiger charge is -2.35. The van der Waals surface area contributed by atoms with E-state index in [1.165, 1.54) is 6.07 Å².